The Balaban J connectivity index is 1.25. The van der Waals surface area contributed by atoms with Crippen LogP contribution in [0.1, 0.15) is 6.42 Å². The smallest absolute Gasteiger partial charge is 0.395 e. The molecule has 0 bridgehead atoms. The van der Waals surface area contributed by atoms with Crippen LogP contribution in [0, 0.1) is 0 Å². The molecule has 0 unspecified atom stereocenters. The minimum Gasteiger partial charge on any atom is -0.395 e. The Hall–Kier alpha value is -3.66. The second-order valence-corrected chi connectivity index (χ2v) is 8.34. The number of carbonyl (C=O) groups excluding carboxylic acids is 1. The molecule has 2 amide bonds. The second-order valence-electron chi connectivity index (χ2n) is 8.34. The number of nitrogens with zero attached hydrogens (tertiary/aromatic N) is 3. The number of fused-ring (bicyclic) bond motifs is 2. The van der Waals surface area contributed by atoms with E-state index in [9.17, 15) is 13.6 Å². The number of halogens is 2. The summed E-state index contributed by atoms with van der Waals surface area (Å²) in [5.41, 5.74) is 1.71. The minimum atomic E-state index is -3.70. The van der Waals surface area contributed by atoms with Gasteiger partial charge >= 0.3 is 12.3 Å². The maximum Gasteiger partial charge on any atom is 0.586 e. The van der Waals surface area contributed by atoms with E-state index in [-0.39, 0.29) is 11.5 Å². The minimum absolute atomic E-state index is 0.0847. The number of aromatic nitrogens is 1. The molecule has 3 heterocycles. The first-order valence-electron chi connectivity index (χ1n) is 10.6. The molecule has 1 saturated heterocycles. The molecule has 3 aromatic rings. The first-order valence-corrected chi connectivity index (χ1v) is 10.6. The number of hydrogen-bond acceptors (Lipinski definition) is 6. The molecule has 1 fully saturated rings. The molecule has 0 radical (unpaired) electrons. The highest BCUT2D eigenvalue weighted by Gasteiger charge is 2.43. The number of anilines is 3. The lowest BCUT2D eigenvalue weighted by molar-refractivity contribution is -0.286. The Morgan fingerprint density at radius 1 is 1.06 bits per heavy atom. The molecule has 2 aromatic carbocycles. The van der Waals surface area contributed by atoms with Gasteiger partial charge in [-0.15, -0.1) is 8.78 Å². The van der Waals surface area contributed by atoms with Gasteiger partial charge in [-0.25, -0.2) is 9.78 Å². The highest BCUT2D eigenvalue weighted by Crippen LogP contribution is 2.42. The fourth-order valence-corrected chi connectivity index (χ4v) is 4.06. The number of pyridine rings is 1. The fraction of sp³-hybridized carbons (Fsp3) is 0.304. The summed E-state index contributed by atoms with van der Waals surface area (Å²) in [6.45, 7) is 1.92. The van der Waals surface area contributed by atoms with Gasteiger partial charge in [0.1, 0.15) is 5.82 Å². The van der Waals surface area contributed by atoms with Crippen molar-refractivity contribution >= 4 is 34.1 Å². The molecule has 33 heavy (non-hydrogen) atoms. The van der Waals surface area contributed by atoms with Gasteiger partial charge in [-0.05, 0) is 63.0 Å². The molecule has 0 spiro atoms. The molecule has 1 aromatic heterocycles. The second kappa shape index (κ2) is 8.04. The fourth-order valence-electron chi connectivity index (χ4n) is 4.06. The van der Waals surface area contributed by atoms with Crippen LogP contribution in [0.25, 0.3) is 10.9 Å². The number of nitrogens with one attached hydrogen (secondary N) is 2. The standard InChI is InChI=1S/C23H23F2N5O3/c1-29(2)17-9-10-30(13-17)21-8-3-14-11-15(4-6-18(14)28-21)26-22(31)27-16-5-7-19-20(12-16)33-23(24,25)32-19/h3-8,11-12,17H,9-10,13H2,1-2H3,(H2,26,27,31)/t17-/m0/s1. The van der Waals surface area contributed by atoms with Gasteiger partial charge in [-0.3, -0.25) is 0 Å². The van der Waals surface area contributed by atoms with Crippen LogP contribution in [-0.4, -0.2) is 55.4 Å². The molecule has 10 heteroatoms. The van der Waals surface area contributed by atoms with Gasteiger partial charge in [0.15, 0.2) is 11.5 Å². The van der Waals surface area contributed by atoms with Crippen LogP contribution in [0.3, 0.4) is 0 Å². The summed E-state index contributed by atoms with van der Waals surface area (Å²) in [5.74, 6) is 0.720. The Kier molecular flexibility index (Phi) is 5.16. The van der Waals surface area contributed by atoms with E-state index < -0.39 is 12.3 Å². The first-order chi connectivity index (χ1) is 15.8. The number of rotatable bonds is 4. The van der Waals surface area contributed by atoms with E-state index in [2.05, 4.69) is 44.0 Å². The molecular weight excluding hydrogens is 432 g/mol. The lowest BCUT2D eigenvalue weighted by Gasteiger charge is -2.21. The molecule has 2 aliphatic heterocycles. The molecule has 8 nitrogen and oxygen atoms in total. The highest BCUT2D eigenvalue weighted by molar-refractivity contribution is 6.01. The van der Waals surface area contributed by atoms with E-state index in [1.54, 1.807) is 6.07 Å². The number of benzene rings is 2. The van der Waals surface area contributed by atoms with Gasteiger partial charge in [-0.2, -0.15) is 0 Å². The average molecular weight is 455 g/mol. The van der Waals surface area contributed by atoms with Crippen molar-refractivity contribution < 1.29 is 23.0 Å². The van der Waals surface area contributed by atoms with Crippen LogP contribution in [0.5, 0.6) is 11.5 Å². The van der Waals surface area contributed by atoms with Crippen molar-refractivity contribution in [3.8, 4) is 11.5 Å². The van der Waals surface area contributed by atoms with Gasteiger partial charge in [0.25, 0.3) is 0 Å². The maximum absolute atomic E-state index is 13.2. The molecule has 0 aliphatic carbocycles. The normalized spacial score (nSPS) is 18.7. The number of alkyl halides is 2. The van der Waals surface area contributed by atoms with Crippen molar-refractivity contribution in [3.63, 3.8) is 0 Å². The van der Waals surface area contributed by atoms with E-state index in [0.717, 1.165) is 36.2 Å². The van der Waals surface area contributed by atoms with Gasteiger partial charge in [-0.1, -0.05) is 0 Å². The van der Waals surface area contributed by atoms with Crippen molar-refractivity contribution in [1.29, 1.82) is 0 Å². The topological polar surface area (TPSA) is 79.0 Å². The molecule has 2 N–H and O–H groups in total. The predicted molar refractivity (Wildman–Crippen MR) is 121 cm³/mol. The van der Waals surface area contributed by atoms with Crippen LogP contribution in [0.15, 0.2) is 48.5 Å². The summed E-state index contributed by atoms with van der Waals surface area (Å²) in [6, 6.07) is 13.5. The number of hydrogen-bond donors (Lipinski definition) is 2. The molecule has 2 aliphatic rings. The zero-order valence-electron chi connectivity index (χ0n) is 18.1. The van der Waals surface area contributed by atoms with E-state index in [0.29, 0.717) is 17.4 Å². The first kappa shape index (κ1) is 21.2. The van der Waals surface area contributed by atoms with Crippen LogP contribution in [-0.2, 0) is 0 Å². The largest absolute Gasteiger partial charge is 0.586 e. The third-order valence-corrected chi connectivity index (χ3v) is 5.81. The molecular formula is C23H23F2N5O3. The number of ether oxygens (including phenoxy) is 2. The van der Waals surface area contributed by atoms with Crippen molar-refractivity contribution in [2.75, 3.05) is 42.7 Å². The van der Waals surface area contributed by atoms with Gasteiger partial charge in [0.05, 0.1) is 5.52 Å². The SMILES string of the molecule is CN(C)[C@H]1CCN(c2ccc3cc(NC(=O)Nc4ccc5c(c4)OC(F)(F)O5)ccc3n2)C1. The highest BCUT2D eigenvalue weighted by atomic mass is 19.3. The van der Waals surface area contributed by atoms with Crippen LogP contribution in [0.2, 0.25) is 0 Å². The molecule has 5 rings (SSSR count). The summed E-state index contributed by atoms with van der Waals surface area (Å²) in [4.78, 5) is 21.7. The quantitative estimate of drug-likeness (QED) is 0.609. The van der Waals surface area contributed by atoms with Crippen molar-refractivity contribution in [1.82, 2.24) is 9.88 Å². The lowest BCUT2D eigenvalue weighted by Crippen LogP contribution is -2.31. The summed E-state index contributed by atoms with van der Waals surface area (Å²) in [6.07, 6.45) is -2.60. The Labute approximate surface area is 189 Å². The molecule has 0 saturated carbocycles. The van der Waals surface area contributed by atoms with Gasteiger partial charge in [0, 0.05) is 42.0 Å². The van der Waals surface area contributed by atoms with Crippen molar-refractivity contribution in [3.05, 3.63) is 48.5 Å². The number of carbonyl (C=O) groups is 1. The summed E-state index contributed by atoms with van der Waals surface area (Å²) >= 11 is 0. The van der Waals surface area contributed by atoms with Crippen molar-refractivity contribution in [2.24, 2.45) is 0 Å². The average Bonchev–Trinajstić information content (AvgIpc) is 3.36. The Bertz CT molecular complexity index is 1220. The molecule has 172 valence electrons. The van der Waals surface area contributed by atoms with E-state index >= 15 is 0 Å². The predicted octanol–water partition coefficient (Wildman–Crippen LogP) is 4.34. The Morgan fingerprint density at radius 3 is 2.55 bits per heavy atom. The van der Waals surface area contributed by atoms with Gasteiger partial charge < -0.3 is 29.9 Å². The zero-order valence-corrected chi connectivity index (χ0v) is 18.1. The summed E-state index contributed by atoms with van der Waals surface area (Å²) in [5, 5.41) is 6.23. The third kappa shape index (κ3) is 4.47. The lowest BCUT2D eigenvalue weighted by atomic mass is 10.2. The van der Waals surface area contributed by atoms with E-state index in [1.165, 1.54) is 18.2 Å². The number of likely N-dealkylation sites (N-methyl/N-ethyl adjacent to an activating group) is 1. The maximum atomic E-state index is 13.2. The number of urea groups is 1. The van der Waals surface area contributed by atoms with Crippen LogP contribution in [0.4, 0.5) is 30.8 Å². The third-order valence-electron chi connectivity index (χ3n) is 5.81. The Morgan fingerprint density at radius 2 is 1.79 bits per heavy atom. The zero-order chi connectivity index (χ0) is 23.2. The van der Waals surface area contributed by atoms with Crippen LogP contribution >= 0.6 is 0 Å². The van der Waals surface area contributed by atoms with Gasteiger partial charge in [0.2, 0.25) is 0 Å². The van der Waals surface area contributed by atoms with Crippen LogP contribution < -0.4 is 25.0 Å². The monoisotopic (exact) mass is 455 g/mol. The van der Waals surface area contributed by atoms with Crippen molar-refractivity contribution in [2.45, 2.75) is 18.8 Å². The number of amides is 2. The summed E-state index contributed by atoms with van der Waals surface area (Å²) in [7, 11) is 4.19. The summed E-state index contributed by atoms with van der Waals surface area (Å²) < 4.78 is 35.1. The molecule has 1 atom stereocenters. The van der Waals surface area contributed by atoms with E-state index in [4.69, 9.17) is 4.98 Å². The van der Waals surface area contributed by atoms with E-state index in [1.807, 2.05) is 24.3 Å².